The van der Waals surface area contributed by atoms with E-state index in [1.54, 1.807) is 11.3 Å². The zero-order valence-corrected chi connectivity index (χ0v) is 15.5. The molecule has 0 saturated heterocycles. The number of hydrogen-bond acceptors (Lipinski definition) is 4. The lowest BCUT2D eigenvalue weighted by Gasteiger charge is -2.25. The number of carbonyl (C=O) groups excluding carboxylic acids is 1. The molecule has 130 valence electrons. The van der Waals surface area contributed by atoms with Crippen molar-refractivity contribution in [1.29, 1.82) is 0 Å². The topological polar surface area (TPSA) is 55.1 Å². The average Bonchev–Trinajstić information content (AvgIpc) is 3.24. The second-order valence-corrected chi connectivity index (χ2v) is 7.65. The maximum absolute atomic E-state index is 12.3. The zero-order valence-electron chi connectivity index (χ0n) is 14.7. The van der Waals surface area contributed by atoms with Crippen LogP contribution in [0.1, 0.15) is 30.9 Å². The number of nitrogens with zero attached hydrogens (tertiary/aromatic N) is 1. The molecule has 0 fully saturated rings. The molecule has 0 unspecified atom stereocenters. The molecule has 2 aromatic heterocycles. The molecule has 25 heavy (non-hydrogen) atoms. The Morgan fingerprint density at radius 1 is 1.20 bits per heavy atom. The Labute approximate surface area is 151 Å². The molecule has 1 N–H and O–H groups in total. The Kier molecular flexibility index (Phi) is 5.04. The number of thiophene rings is 1. The van der Waals surface area contributed by atoms with Gasteiger partial charge in [-0.2, -0.15) is 0 Å². The van der Waals surface area contributed by atoms with Crippen molar-refractivity contribution in [3.8, 4) is 10.8 Å². The number of benzene rings is 1. The van der Waals surface area contributed by atoms with Crippen LogP contribution in [0.2, 0.25) is 0 Å². The van der Waals surface area contributed by atoms with E-state index in [0.29, 0.717) is 23.9 Å². The second-order valence-electron chi connectivity index (χ2n) is 6.70. The summed E-state index contributed by atoms with van der Waals surface area (Å²) < 4.78 is 5.69. The second kappa shape index (κ2) is 7.23. The van der Waals surface area contributed by atoms with Crippen LogP contribution < -0.4 is 5.32 Å². The van der Waals surface area contributed by atoms with Crippen molar-refractivity contribution in [2.45, 2.75) is 32.6 Å². The van der Waals surface area contributed by atoms with Gasteiger partial charge >= 0.3 is 0 Å². The lowest BCUT2D eigenvalue weighted by Crippen LogP contribution is -2.37. The molecule has 3 aromatic rings. The van der Waals surface area contributed by atoms with Crippen LogP contribution in [-0.4, -0.2) is 17.4 Å². The predicted octanol–water partition coefficient (Wildman–Crippen LogP) is 4.35. The van der Waals surface area contributed by atoms with Crippen molar-refractivity contribution in [1.82, 2.24) is 10.3 Å². The molecule has 1 amide bonds. The third-order valence-electron chi connectivity index (χ3n) is 4.24. The number of amides is 1. The number of aryl methyl sites for hydroxylation is 1. The van der Waals surface area contributed by atoms with Gasteiger partial charge in [0, 0.05) is 12.0 Å². The van der Waals surface area contributed by atoms with Crippen molar-refractivity contribution < 1.29 is 9.21 Å². The number of hydrogen-bond donors (Lipinski definition) is 1. The number of carbonyl (C=O) groups is 1. The summed E-state index contributed by atoms with van der Waals surface area (Å²) >= 11 is 1.57. The van der Waals surface area contributed by atoms with Gasteiger partial charge < -0.3 is 9.73 Å². The number of aromatic nitrogens is 1. The maximum atomic E-state index is 12.3. The molecule has 4 nitrogen and oxygen atoms in total. The molecule has 0 saturated carbocycles. The predicted molar refractivity (Wildman–Crippen MR) is 101 cm³/mol. The fourth-order valence-corrected chi connectivity index (χ4v) is 3.27. The summed E-state index contributed by atoms with van der Waals surface area (Å²) in [6.07, 6.45) is 0.228. The van der Waals surface area contributed by atoms with Gasteiger partial charge in [-0.15, -0.1) is 11.3 Å². The molecule has 0 bridgehead atoms. The molecule has 0 radical (unpaired) electrons. The van der Waals surface area contributed by atoms with E-state index in [2.05, 4.69) is 36.3 Å². The summed E-state index contributed by atoms with van der Waals surface area (Å²) in [7, 11) is 0. The van der Waals surface area contributed by atoms with Crippen LogP contribution in [0.5, 0.6) is 0 Å². The van der Waals surface area contributed by atoms with Gasteiger partial charge in [0.25, 0.3) is 0 Å². The van der Waals surface area contributed by atoms with E-state index < -0.39 is 0 Å². The minimum absolute atomic E-state index is 0.0434. The third kappa shape index (κ3) is 4.17. The third-order valence-corrected chi connectivity index (χ3v) is 5.09. The van der Waals surface area contributed by atoms with Gasteiger partial charge in [-0.05, 0) is 23.9 Å². The minimum atomic E-state index is -0.127. The molecule has 0 aliphatic heterocycles. The largest absolute Gasteiger partial charge is 0.440 e. The van der Waals surface area contributed by atoms with Crippen LogP contribution in [0.4, 0.5) is 0 Å². The van der Waals surface area contributed by atoms with Crippen LogP contribution >= 0.6 is 11.3 Å². The lowest BCUT2D eigenvalue weighted by atomic mass is 9.84. The fraction of sp³-hybridized carbons (Fsp3) is 0.300. The first-order valence-electron chi connectivity index (χ1n) is 8.28. The highest BCUT2D eigenvalue weighted by atomic mass is 32.1. The average molecular weight is 354 g/mol. The fourth-order valence-electron chi connectivity index (χ4n) is 2.62. The van der Waals surface area contributed by atoms with Crippen molar-refractivity contribution in [3.63, 3.8) is 0 Å². The van der Waals surface area contributed by atoms with Gasteiger partial charge in [-0.3, -0.25) is 4.79 Å². The Bertz CT molecular complexity index is 836. The number of nitrogens with one attached hydrogen (secondary N) is 1. The van der Waals surface area contributed by atoms with Crippen LogP contribution in [0, 0.1) is 6.92 Å². The molecule has 1 aromatic carbocycles. The van der Waals surface area contributed by atoms with Crippen LogP contribution in [0.25, 0.3) is 10.8 Å². The summed E-state index contributed by atoms with van der Waals surface area (Å²) in [5, 5.41) is 5.00. The standard InChI is InChI=1S/C20H22N2O2S/c1-14-16(22-19(24-14)17-10-7-11-25-17)12-18(23)21-13-20(2,3)15-8-5-4-6-9-15/h4-11H,12-13H2,1-3H3,(H,21,23). The summed E-state index contributed by atoms with van der Waals surface area (Å²) in [6, 6.07) is 14.1. The van der Waals surface area contributed by atoms with Gasteiger partial charge in [-0.1, -0.05) is 50.2 Å². The van der Waals surface area contributed by atoms with E-state index in [-0.39, 0.29) is 17.7 Å². The molecular weight excluding hydrogens is 332 g/mol. The van der Waals surface area contributed by atoms with E-state index >= 15 is 0 Å². The van der Waals surface area contributed by atoms with Gasteiger partial charge in [0.15, 0.2) is 0 Å². The highest BCUT2D eigenvalue weighted by molar-refractivity contribution is 7.13. The van der Waals surface area contributed by atoms with Crippen molar-refractivity contribution in [2.75, 3.05) is 6.54 Å². The van der Waals surface area contributed by atoms with Crippen molar-refractivity contribution in [3.05, 3.63) is 64.9 Å². The summed E-state index contributed by atoms with van der Waals surface area (Å²) in [4.78, 5) is 17.8. The number of rotatable bonds is 6. The Morgan fingerprint density at radius 3 is 2.64 bits per heavy atom. The molecule has 0 spiro atoms. The minimum Gasteiger partial charge on any atom is -0.440 e. The van der Waals surface area contributed by atoms with E-state index in [9.17, 15) is 4.79 Å². The molecule has 2 heterocycles. The first kappa shape index (κ1) is 17.4. The zero-order chi connectivity index (χ0) is 17.9. The normalized spacial score (nSPS) is 11.5. The first-order valence-corrected chi connectivity index (χ1v) is 9.16. The quantitative estimate of drug-likeness (QED) is 0.716. The lowest BCUT2D eigenvalue weighted by molar-refractivity contribution is -0.120. The molecular formula is C20H22N2O2S. The SMILES string of the molecule is Cc1oc(-c2cccs2)nc1CC(=O)NCC(C)(C)c1ccccc1. The van der Waals surface area contributed by atoms with Crippen LogP contribution in [0.3, 0.4) is 0 Å². The van der Waals surface area contributed by atoms with E-state index in [0.717, 1.165) is 4.88 Å². The van der Waals surface area contributed by atoms with Gasteiger partial charge in [0.2, 0.25) is 11.8 Å². The van der Waals surface area contributed by atoms with Crippen molar-refractivity contribution >= 4 is 17.2 Å². The van der Waals surface area contributed by atoms with Crippen LogP contribution in [-0.2, 0) is 16.6 Å². The Balaban J connectivity index is 1.62. The van der Waals surface area contributed by atoms with Gasteiger partial charge in [0.1, 0.15) is 5.76 Å². The van der Waals surface area contributed by atoms with E-state index in [1.165, 1.54) is 5.56 Å². The summed E-state index contributed by atoms with van der Waals surface area (Å²) in [5.74, 6) is 1.24. The Morgan fingerprint density at radius 2 is 1.96 bits per heavy atom. The first-order chi connectivity index (χ1) is 12.0. The Hall–Kier alpha value is -2.40. The highest BCUT2D eigenvalue weighted by Crippen LogP contribution is 2.26. The van der Waals surface area contributed by atoms with E-state index in [4.69, 9.17) is 4.42 Å². The monoisotopic (exact) mass is 354 g/mol. The van der Waals surface area contributed by atoms with Gasteiger partial charge in [0.05, 0.1) is 17.0 Å². The maximum Gasteiger partial charge on any atom is 0.236 e. The summed E-state index contributed by atoms with van der Waals surface area (Å²) in [5.41, 5.74) is 1.77. The smallest absolute Gasteiger partial charge is 0.236 e. The molecule has 5 heteroatoms. The molecule has 0 atom stereocenters. The van der Waals surface area contributed by atoms with Gasteiger partial charge in [-0.25, -0.2) is 4.98 Å². The molecule has 0 aliphatic carbocycles. The highest BCUT2D eigenvalue weighted by Gasteiger charge is 2.22. The summed E-state index contributed by atoms with van der Waals surface area (Å²) in [6.45, 7) is 6.67. The van der Waals surface area contributed by atoms with Crippen molar-refractivity contribution in [2.24, 2.45) is 0 Å². The molecule has 3 rings (SSSR count). The van der Waals surface area contributed by atoms with E-state index in [1.807, 2.05) is 42.6 Å². The molecule has 0 aliphatic rings. The van der Waals surface area contributed by atoms with Crippen LogP contribution in [0.15, 0.2) is 52.3 Å². The number of oxazole rings is 1.